The molecule has 33 heavy (non-hydrogen) atoms. The Morgan fingerprint density at radius 3 is 2.48 bits per heavy atom. The number of methoxy groups -OCH3 is 1. The monoisotopic (exact) mass is 467 g/mol. The molecule has 0 N–H and O–H groups in total. The number of carbonyl (C=O) groups excluding carboxylic acids is 2. The molecule has 178 valence electrons. The molecule has 0 atom stereocenters. The highest BCUT2D eigenvalue weighted by atomic mass is 19.4. The van der Waals surface area contributed by atoms with E-state index < -0.39 is 23.1 Å². The van der Waals surface area contributed by atoms with Gasteiger partial charge in [0.2, 0.25) is 5.91 Å². The van der Waals surface area contributed by atoms with E-state index in [1.165, 1.54) is 36.1 Å². The average Bonchev–Trinajstić information content (AvgIpc) is 3.11. The minimum Gasteiger partial charge on any atom is -0.469 e. The van der Waals surface area contributed by atoms with Crippen molar-refractivity contribution in [2.24, 2.45) is 11.3 Å². The third kappa shape index (κ3) is 4.60. The fraction of sp³-hybridized carbons (Fsp3) is 0.522. The number of amides is 1. The van der Waals surface area contributed by atoms with Gasteiger partial charge in [-0.3, -0.25) is 14.3 Å². The lowest BCUT2D eigenvalue weighted by molar-refractivity contribution is -0.161. The van der Waals surface area contributed by atoms with E-state index in [0.29, 0.717) is 24.1 Å². The van der Waals surface area contributed by atoms with Gasteiger partial charge in [-0.2, -0.15) is 18.3 Å². The van der Waals surface area contributed by atoms with Crippen LogP contribution >= 0.6 is 0 Å². The largest absolute Gasteiger partial charge is 0.469 e. The number of fused-ring (bicyclic) bond motifs is 1. The predicted molar refractivity (Wildman–Crippen MR) is 109 cm³/mol. The van der Waals surface area contributed by atoms with Crippen molar-refractivity contribution in [1.29, 1.82) is 0 Å². The molecule has 1 saturated carbocycles. The van der Waals surface area contributed by atoms with E-state index >= 15 is 0 Å². The number of esters is 1. The van der Waals surface area contributed by atoms with Gasteiger partial charge in [0, 0.05) is 18.5 Å². The number of hydrogen-bond donors (Lipinski definition) is 0. The van der Waals surface area contributed by atoms with Crippen LogP contribution in [0.2, 0.25) is 0 Å². The number of nitrogens with zero attached hydrogens (tertiary/aromatic N) is 3. The van der Waals surface area contributed by atoms with Crippen LogP contribution in [0.15, 0.2) is 24.3 Å². The highest BCUT2D eigenvalue weighted by Gasteiger charge is 2.48. The van der Waals surface area contributed by atoms with Crippen molar-refractivity contribution in [1.82, 2.24) is 14.7 Å². The number of halogens is 4. The van der Waals surface area contributed by atoms with Crippen molar-refractivity contribution in [3.8, 4) is 0 Å². The third-order valence-corrected chi connectivity index (χ3v) is 6.63. The van der Waals surface area contributed by atoms with E-state index in [9.17, 15) is 27.2 Å². The molecule has 2 aliphatic rings. The highest BCUT2D eigenvalue weighted by Crippen LogP contribution is 2.48. The molecule has 0 radical (unpaired) electrons. The molecule has 2 heterocycles. The van der Waals surface area contributed by atoms with Crippen LogP contribution in [0.25, 0.3) is 0 Å². The molecule has 4 rings (SSSR count). The number of alkyl halides is 3. The second kappa shape index (κ2) is 8.46. The van der Waals surface area contributed by atoms with Crippen molar-refractivity contribution in [3.63, 3.8) is 0 Å². The van der Waals surface area contributed by atoms with Gasteiger partial charge < -0.3 is 9.64 Å². The van der Waals surface area contributed by atoms with Gasteiger partial charge in [0.1, 0.15) is 5.82 Å². The standard InChI is InChI=1S/C23H25F4N3O3/c1-22(21(32)33-2)10-15(11-22)9-19(31)29-8-7-17-18(13-29)30(28-20(17)23(25,26)27)12-14-3-5-16(24)6-4-14/h3-6,15H,7-13H2,1-2H3. The van der Waals surface area contributed by atoms with Crippen LogP contribution < -0.4 is 0 Å². The van der Waals surface area contributed by atoms with E-state index in [1.807, 2.05) is 0 Å². The normalized spacial score (nSPS) is 22.5. The summed E-state index contributed by atoms with van der Waals surface area (Å²) in [6.07, 6.45) is -3.21. The summed E-state index contributed by atoms with van der Waals surface area (Å²) in [5, 5.41) is 3.82. The molecule has 1 aliphatic carbocycles. The summed E-state index contributed by atoms with van der Waals surface area (Å²) < 4.78 is 60.0. The van der Waals surface area contributed by atoms with E-state index in [1.54, 1.807) is 11.8 Å². The fourth-order valence-electron chi connectivity index (χ4n) is 4.96. The third-order valence-electron chi connectivity index (χ3n) is 6.63. The summed E-state index contributed by atoms with van der Waals surface area (Å²) in [6, 6.07) is 5.48. The van der Waals surface area contributed by atoms with Crippen LogP contribution in [-0.4, -0.2) is 40.2 Å². The molecule has 10 heteroatoms. The van der Waals surface area contributed by atoms with E-state index in [-0.39, 0.29) is 55.8 Å². The Bertz CT molecular complexity index is 1060. The Morgan fingerprint density at radius 2 is 1.88 bits per heavy atom. The lowest BCUT2D eigenvalue weighted by atomic mass is 9.62. The Labute approximate surface area is 188 Å². The lowest BCUT2D eigenvalue weighted by Crippen LogP contribution is -2.45. The Morgan fingerprint density at radius 1 is 1.21 bits per heavy atom. The van der Waals surface area contributed by atoms with Gasteiger partial charge in [-0.1, -0.05) is 12.1 Å². The van der Waals surface area contributed by atoms with Crippen LogP contribution in [0.5, 0.6) is 0 Å². The zero-order valence-electron chi connectivity index (χ0n) is 18.4. The molecule has 0 saturated heterocycles. The molecule has 1 aromatic carbocycles. The maximum Gasteiger partial charge on any atom is 0.435 e. The minimum atomic E-state index is -4.60. The van der Waals surface area contributed by atoms with Crippen molar-refractivity contribution >= 4 is 11.9 Å². The topological polar surface area (TPSA) is 64.4 Å². The van der Waals surface area contributed by atoms with Gasteiger partial charge >= 0.3 is 12.1 Å². The minimum absolute atomic E-state index is 0.0272. The summed E-state index contributed by atoms with van der Waals surface area (Å²) >= 11 is 0. The van der Waals surface area contributed by atoms with Crippen molar-refractivity contribution in [3.05, 3.63) is 52.6 Å². The number of benzene rings is 1. The van der Waals surface area contributed by atoms with Crippen molar-refractivity contribution in [2.75, 3.05) is 13.7 Å². The first-order valence-corrected chi connectivity index (χ1v) is 10.8. The Hall–Kier alpha value is -2.91. The zero-order chi connectivity index (χ0) is 24.0. The van der Waals surface area contributed by atoms with Gasteiger partial charge in [-0.25, -0.2) is 4.39 Å². The number of carbonyl (C=O) groups is 2. The van der Waals surface area contributed by atoms with Gasteiger partial charge in [-0.15, -0.1) is 0 Å². The summed E-state index contributed by atoms with van der Waals surface area (Å²) in [6.45, 7) is 2.05. The lowest BCUT2D eigenvalue weighted by Gasteiger charge is -2.43. The number of ether oxygens (including phenoxy) is 1. The molecule has 0 spiro atoms. The first-order chi connectivity index (χ1) is 15.5. The van der Waals surface area contributed by atoms with E-state index in [4.69, 9.17) is 4.74 Å². The van der Waals surface area contributed by atoms with Crippen molar-refractivity contribution < 1.29 is 31.9 Å². The molecule has 1 aromatic heterocycles. The van der Waals surface area contributed by atoms with Crippen LogP contribution in [0.3, 0.4) is 0 Å². The summed E-state index contributed by atoms with van der Waals surface area (Å²) in [4.78, 5) is 26.3. The van der Waals surface area contributed by atoms with Gasteiger partial charge in [-0.05, 0) is 49.8 Å². The zero-order valence-corrected chi connectivity index (χ0v) is 18.4. The SMILES string of the molecule is COC(=O)C1(C)CC(CC(=O)N2CCc3c(C(F)(F)F)nn(Cc4ccc(F)cc4)c3C2)C1. The molecule has 0 unspecified atom stereocenters. The first kappa shape index (κ1) is 23.3. The molecular weight excluding hydrogens is 442 g/mol. The molecule has 2 aromatic rings. The molecular formula is C23H25F4N3O3. The Kier molecular flexibility index (Phi) is 5.96. The van der Waals surface area contributed by atoms with Crippen LogP contribution in [-0.2, 0) is 40.0 Å². The second-order valence-corrected chi connectivity index (χ2v) is 9.15. The number of aromatic nitrogens is 2. The molecule has 1 amide bonds. The quantitative estimate of drug-likeness (QED) is 0.494. The van der Waals surface area contributed by atoms with E-state index in [2.05, 4.69) is 5.10 Å². The molecule has 6 nitrogen and oxygen atoms in total. The van der Waals surface area contributed by atoms with Crippen molar-refractivity contribution in [2.45, 2.75) is 51.9 Å². The van der Waals surface area contributed by atoms with Gasteiger partial charge in [0.05, 0.1) is 31.3 Å². The molecule has 1 aliphatic heterocycles. The van der Waals surface area contributed by atoms with Gasteiger partial charge in [0.15, 0.2) is 5.69 Å². The highest BCUT2D eigenvalue weighted by molar-refractivity contribution is 5.80. The molecule has 0 bridgehead atoms. The van der Waals surface area contributed by atoms with Gasteiger partial charge in [0.25, 0.3) is 0 Å². The second-order valence-electron chi connectivity index (χ2n) is 9.15. The maximum atomic E-state index is 13.6. The average molecular weight is 467 g/mol. The van der Waals surface area contributed by atoms with E-state index in [0.717, 1.165) is 0 Å². The molecule has 1 fully saturated rings. The fourth-order valence-corrected chi connectivity index (χ4v) is 4.96. The number of rotatable bonds is 5. The van der Waals surface area contributed by atoms with Crippen LogP contribution in [0.1, 0.15) is 48.7 Å². The Balaban J connectivity index is 1.50. The smallest absolute Gasteiger partial charge is 0.435 e. The predicted octanol–water partition coefficient (Wildman–Crippen LogP) is 3.95. The summed E-state index contributed by atoms with van der Waals surface area (Å²) in [7, 11) is 1.33. The first-order valence-electron chi connectivity index (χ1n) is 10.8. The van der Waals surface area contributed by atoms with Crippen LogP contribution in [0.4, 0.5) is 17.6 Å². The maximum absolute atomic E-state index is 13.6. The van der Waals surface area contributed by atoms with Crippen LogP contribution in [0, 0.1) is 17.2 Å². The summed E-state index contributed by atoms with van der Waals surface area (Å²) in [5.74, 6) is -0.843. The number of hydrogen-bond acceptors (Lipinski definition) is 4. The summed E-state index contributed by atoms with van der Waals surface area (Å²) in [5.41, 5.74) is -0.450.